The Bertz CT molecular complexity index is 777. The number of rotatable bonds is 7. The number of nitrogens with one attached hydrogen (secondary N) is 1. The molecule has 0 saturated heterocycles. The standard InChI is InChI=1S/C18H18ClNO4S/c1-25(23)12-14-3-2-4-15(9-14)18(22)24-11-17(21)20-10-13-5-7-16(19)8-6-13/h2-9H,10-12H2,1H3,(H,20,21). The van der Waals surface area contributed by atoms with Crippen molar-refractivity contribution in [3.63, 3.8) is 0 Å². The van der Waals surface area contributed by atoms with E-state index in [0.29, 0.717) is 22.9 Å². The zero-order valence-corrected chi connectivity index (χ0v) is 15.2. The predicted octanol–water partition coefficient (Wildman–Crippen LogP) is 2.69. The van der Waals surface area contributed by atoms with E-state index in [-0.39, 0.29) is 6.61 Å². The Kier molecular flexibility index (Phi) is 7.16. The molecule has 1 atom stereocenters. The number of halogens is 1. The minimum Gasteiger partial charge on any atom is -0.452 e. The lowest BCUT2D eigenvalue weighted by atomic mass is 10.1. The lowest BCUT2D eigenvalue weighted by molar-refractivity contribution is -0.124. The molecule has 0 aliphatic rings. The van der Waals surface area contributed by atoms with E-state index in [1.807, 2.05) is 0 Å². The van der Waals surface area contributed by atoms with Gasteiger partial charge in [-0.1, -0.05) is 35.9 Å². The summed E-state index contributed by atoms with van der Waals surface area (Å²) in [5.41, 5.74) is 2.00. The predicted molar refractivity (Wildman–Crippen MR) is 97.8 cm³/mol. The number of carbonyl (C=O) groups excluding carboxylic acids is 2. The van der Waals surface area contributed by atoms with Gasteiger partial charge in [-0.05, 0) is 35.4 Å². The van der Waals surface area contributed by atoms with Crippen LogP contribution in [0, 0.1) is 0 Å². The van der Waals surface area contributed by atoms with Crippen LogP contribution in [0.4, 0.5) is 0 Å². The maximum atomic E-state index is 12.0. The Morgan fingerprint density at radius 1 is 1.12 bits per heavy atom. The van der Waals surface area contributed by atoms with Gasteiger partial charge in [-0.3, -0.25) is 9.00 Å². The molecule has 2 rings (SSSR count). The molecule has 0 aromatic heterocycles. The van der Waals surface area contributed by atoms with E-state index < -0.39 is 22.7 Å². The highest BCUT2D eigenvalue weighted by molar-refractivity contribution is 7.83. The molecule has 0 radical (unpaired) electrons. The smallest absolute Gasteiger partial charge is 0.338 e. The number of carbonyl (C=O) groups is 2. The molecule has 0 bridgehead atoms. The van der Waals surface area contributed by atoms with Crippen molar-refractivity contribution in [2.45, 2.75) is 12.3 Å². The van der Waals surface area contributed by atoms with Crippen LogP contribution in [0.1, 0.15) is 21.5 Å². The van der Waals surface area contributed by atoms with Crippen LogP contribution in [0.25, 0.3) is 0 Å². The summed E-state index contributed by atoms with van der Waals surface area (Å²) in [5, 5.41) is 3.29. The van der Waals surface area contributed by atoms with Gasteiger partial charge < -0.3 is 10.1 Å². The average Bonchev–Trinajstić information content (AvgIpc) is 2.59. The van der Waals surface area contributed by atoms with Gasteiger partial charge in [0.05, 0.1) is 5.56 Å². The third-order valence-electron chi connectivity index (χ3n) is 3.27. The SMILES string of the molecule is CS(=O)Cc1cccc(C(=O)OCC(=O)NCc2ccc(Cl)cc2)c1. The molecule has 7 heteroatoms. The molecule has 2 aromatic rings. The molecular weight excluding hydrogens is 362 g/mol. The van der Waals surface area contributed by atoms with Gasteiger partial charge in [0.2, 0.25) is 0 Å². The van der Waals surface area contributed by atoms with Crippen molar-refractivity contribution in [3.8, 4) is 0 Å². The molecular formula is C18H18ClNO4S. The Labute approximate surface area is 153 Å². The number of esters is 1. The molecule has 1 amide bonds. The summed E-state index contributed by atoms with van der Waals surface area (Å²) in [6.45, 7) is -0.0400. The van der Waals surface area contributed by atoms with Crippen LogP contribution in [0.3, 0.4) is 0 Å². The first-order chi connectivity index (χ1) is 11.9. The number of amides is 1. The fourth-order valence-electron chi connectivity index (χ4n) is 2.09. The largest absolute Gasteiger partial charge is 0.452 e. The first-order valence-corrected chi connectivity index (χ1v) is 9.62. The first kappa shape index (κ1) is 19.1. The van der Waals surface area contributed by atoms with E-state index in [0.717, 1.165) is 11.1 Å². The summed E-state index contributed by atoms with van der Waals surface area (Å²) >= 11 is 5.79. The van der Waals surface area contributed by atoms with Gasteiger partial charge in [-0.25, -0.2) is 4.79 Å². The Balaban J connectivity index is 1.81. The monoisotopic (exact) mass is 379 g/mol. The Morgan fingerprint density at radius 3 is 2.52 bits per heavy atom. The molecule has 0 aliphatic carbocycles. The van der Waals surface area contributed by atoms with Gasteiger partial charge in [-0.2, -0.15) is 0 Å². The average molecular weight is 380 g/mol. The van der Waals surface area contributed by atoms with E-state index in [1.165, 1.54) is 0 Å². The molecule has 2 aromatic carbocycles. The van der Waals surface area contributed by atoms with Crippen molar-refractivity contribution in [2.75, 3.05) is 12.9 Å². The number of benzene rings is 2. The van der Waals surface area contributed by atoms with Crippen LogP contribution < -0.4 is 5.32 Å². The van der Waals surface area contributed by atoms with Gasteiger partial charge in [0, 0.05) is 34.4 Å². The highest BCUT2D eigenvalue weighted by Gasteiger charge is 2.11. The Hall–Kier alpha value is -2.18. The van der Waals surface area contributed by atoms with E-state index in [2.05, 4.69) is 5.32 Å². The number of hydrogen-bond donors (Lipinski definition) is 1. The maximum absolute atomic E-state index is 12.0. The number of ether oxygens (including phenoxy) is 1. The number of hydrogen-bond acceptors (Lipinski definition) is 4. The topological polar surface area (TPSA) is 72.5 Å². The normalized spacial score (nSPS) is 11.6. The first-order valence-electron chi connectivity index (χ1n) is 7.51. The quantitative estimate of drug-likeness (QED) is 0.751. The lowest BCUT2D eigenvalue weighted by Crippen LogP contribution is -2.28. The second-order valence-electron chi connectivity index (χ2n) is 5.40. The van der Waals surface area contributed by atoms with Crippen LogP contribution >= 0.6 is 11.6 Å². The molecule has 0 spiro atoms. The summed E-state index contributed by atoms with van der Waals surface area (Å²) < 4.78 is 16.3. The van der Waals surface area contributed by atoms with Crippen molar-refractivity contribution in [1.29, 1.82) is 0 Å². The van der Waals surface area contributed by atoms with E-state index >= 15 is 0 Å². The summed E-state index contributed by atoms with van der Waals surface area (Å²) in [6, 6.07) is 13.8. The lowest BCUT2D eigenvalue weighted by Gasteiger charge is -2.08. The van der Waals surface area contributed by atoms with Crippen LogP contribution in [-0.4, -0.2) is 28.9 Å². The van der Waals surface area contributed by atoms with Gasteiger partial charge >= 0.3 is 5.97 Å². The zero-order valence-electron chi connectivity index (χ0n) is 13.7. The Morgan fingerprint density at radius 2 is 1.84 bits per heavy atom. The summed E-state index contributed by atoms with van der Waals surface area (Å²) in [6.07, 6.45) is 1.59. The summed E-state index contributed by atoms with van der Waals surface area (Å²) in [7, 11) is -0.996. The molecule has 132 valence electrons. The molecule has 0 aliphatic heterocycles. The van der Waals surface area contributed by atoms with Crippen LogP contribution in [0.2, 0.25) is 5.02 Å². The fraction of sp³-hybridized carbons (Fsp3) is 0.222. The highest BCUT2D eigenvalue weighted by Crippen LogP contribution is 2.10. The van der Waals surface area contributed by atoms with Gasteiger partial charge in [-0.15, -0.1) is 0 Å². The van der Waals surface area contributed by atoms with E-state index in [9.17, 15) is 13.8 Å². The highest BCUT2D eigenvalue weighted by atomic mass is 35.5. The second kappa shape index (κ2) is 9.34. The molecule has 5 nitrogen and oxygen atoms in total. The van der Waals surface area contributed by atoms with Crippen LogP contribution in [0.15, 0.2) is 48.5 Å². The van der Waals surface area contributed by atoms with Crippen LogP contribution in [-0.2, 0) is 32.6 Å². The minimum atomic E-state index is -0.996. The molecule has 0 fully saturated rings. The van der Waals surface area contributed by atoms with Gasteiger partial charge in [0.1, 0.15) is 0 Å². The van der Waals surface area contributed by atoms with Crippen molar-refractivity contribution in [3.05, 3.63) is 70.2 Å². The molecule has 0 saturated carbocycles. The molecule has 25 heavy (non-hydrogen) atoms. The molecule has 1 unspecified atom stereocenters. The van der Waals surface area contributed by atoms with E-state index in [4.69, 9.17) is 16.3 Å². The van der Waals surface area contributed by atoms with Crippen molar-refractivity contribution >= 4 is 34.3 Å². The second-order valence-corrected chi connectivity index (χ2v) is 7.27. The molecule has 0 heterocycles. The minimum absolute atomic E-state index is 0.325. The third-order valence-corrected chi connectivity index (χ3v) is 4.26. The van der Waals surface area contributed by atoms with Gasteiger partial charge in [0.15, 0.2) is 6.61 Å². The van der Waals surface area contributed by atoms with Crippen molar-refractivity contribution < 1.29 is 18.5 Å². The van der Waals surface area contributed by atoms with Crippen LogP contribution in [0.5, 0.6) is 0 Å². The van der Waals surface area contributed by atoms with Crippen molar-refractivity contribution in [2.24, 2.45) is 0 Å². The van der Waals surface area contributed by atoms with E-state index in [1.54, 1.807) is 54.8 Å². The molecule has 1 N–H and O–H groups in total. The van der Waals surface area contributed by atoms with Gasteiger partial charge in [0.25, 0.3) is 5.91 Å². The fourth-order valence-corrected chi connectivity index (χ4v) is 2.87. The zero-order chi connectivity index (χ0) is 18.2. The maximum Gasteiger partial charge on any atom is 0.338 e. The summed E-state index contributed by atoms with van der Waals surface area (Å²) in [5.74, 6) is -0.623. The van der Waals surface area contributed by atoms with Crippen molar-refractivity contribution in [1.82, 2.24) is 5.32 Å². The summed E-state index contributed by atoms with van der Waals surface area (Å²) in [4.78, 5) is 23.8. The third kappa shape index (κ3) is 6.68.